The quantitative estimate of drug-likeness (QED) is 0.716. The molecular weight excluding hydrogens is 330 g/mol. The number of anilines is 2. The molecule has 3 heterocycles. The molecule has 2 N–H and O–H groups in total. The molecule has 26 heavy (non-hydrogen) atoms. The van der Waals surface area contributed by atoms with Crippen LogP contribution in [0.5, 0.6) is 6.01 Å². The van der Waals surface area contributed by atoms with Crippen LogP contribution in [-0.2, 0) is 11.2 Å². The van der Waals surface area contributed by atoms with Crippen LogP contribution in [0.2, 0.25) is 0 Å². The molecule has 0 aliphatic carbocycles. The number of rotatable bonds is 8. The van der Waals surface area contributed by atoms with Crippen LogP contribution in [0, 0.1) is 0 Å². The van der Waals surface area contributed by atoms with Crippen molar-refractivity contribution in [1.82, 2.24) is 14.9 Å². The summed E-state index contributed by atoms with van der Waals surface area (Å²) in [5.41, 5.74) is 6.79. The number of carbonyl (C=O) groups is 1. The summed E-state index contributed by atoms with van der Waals surface area (Å²) in [7, 11) is 0. The van der Waals surface area contributed by atoms with E-state index in [1.54, 1.807) is 4.90 Å². The fourth-order valence-corrected chi connectivity index (χ4v) is 3.64. The maximum absolute atomic E-state index is 12.4. The van der Waals surface area contributed by atoms with Crippen molar-refractivity contribution in [2.45, 2.75) is 58.3 Å². The minimum atomic E-state index is 0.0579. The molecule has 0 bridgehead atoms. The SMILES string of the molecule is CCCCOc1nc(N)c2c(n1)N(CCCN1CCCCCC1)C(=O)C2. The lowest BCUT2D eigenvalue weighted by molar-refractivity contribution is -0.117. The van der Waals surface area contributed by atoms with Crippen molar-refractivity contribution in [3.63, 3.8) is 0 Å². The smallest absolute Gasteiger partial charge is 0.320 e. The third-order valence-corrected chi connectivity index (χ3v) is 5.17. The molecule has 1 fully saturated rings. The van der Waals surface area contributed by atoms with E-state index in [1.165, 1.54) is 38.8 Å². The zero-order chi connectivity index (χ0) is 18.4. The zero-order valence-electron chi connectivity index (χ0n) is 15.9. The molecule has 7 nitrogen and oxygen atoms in total. The largest absolute Gasteiger partial charge is 0.463 e. The molecule has 1 amide bonds. The van der Waals surface area contributed by atoms with Gasteiger partial charge in [-0.3, -0.25) is 9.69 Å². The molecule has 1 saturated heterocycles. The molecule has 0 saturated carbocycles. The number of nitrogen functional groups attached to an aromatic ring is 1. The Hall–Kier alpha value is -1.89. The molecule has 1 aromatic rings. The molecule has 7 heteroatoms. The van der Waals surface area contributed by atoms with Crippen molar-refractivity contribution < 1.29 is 9.53 Å². The van der Waals surface area contributed by atoms with Gasteiger partial charge in [0.05, 0.1) is 13.0 Å². The van der Waals surface area contributed by atoms with E-state index in [2.05, 4.69) is 21.8 Å². The van der Waals surface area contributed by atoms with E-state index in [1.807, 2.05) is 0 Å². The molecule has 3 rings (SSSR count). The number of hydrogen-bond acceptors (Lipinski definition) is 6. The fourth-order valence-electron chi connectivity index (χ4n) is 3.64. The maximum atomic E-state index is 12.4. The van der Waals surface area contributed by atoms with Crippen LogP contribution in [0.4, 0.5) is 11.6 Å². The Balaban J connectivity index is 1.61. The molecule has 0 unspecified atom stereocenters. The number of amides is 1. The summed E-state index contributed by atoms with van der Waals surface area (Å²) in [6.07, 6.45) is 8.47. The number of likely N-dealkylation sites (tertiary alicyclic amines) is 1. The van der Waals surface area contributed by atoms with Crippen molar-refractivity contribution in [2.24, 2.45) is 0 Å². The van der Waals surface area contributed by atoms with E-state index < -0.39 is 0 Å². The van der Waals surface area contributed by atoms with Gasteiger partial charge in [0, 0.05) is 12.1 Å². The van der Waals surface area contributed by atoms with Crippen molar-refractivity contribution in [2.75, 3.05) is 43.4 Å². The maximum Gasteiger partial charge on any atom is 0.320 e. The lowest BCUT2D eigenvalue weighted by Gasteiger charge is -2.22. The molecular formula is C19H31N5O2. The highest BCUT2D eigenvalue weighted by Crippen LogP contribution is 2.32. The van der Waals surface area contributed by atoms with E-state index in [-0.39, 0.29) is 11.9 Å². The molecule has 0 atom stereocenters. The van der Waals surface area contributed by atoms with Crippen molar-refractivity contribution >= 4 is 17.5 Å². The van der Waals surface area contributed by atoms with Crippen molar-refractivity contribution in [3.05, 3.63) is 5.56 Å². The minimum absolute atomic E-state index is 0.0579. The van der Waals surface area contributed by atoms with Gasteiger partial charge in [0.25, 0.3) is 0 Å². The predicted molar refractivity (Wildman–Crippen MR) is 102 cm³/mol. The first-order valence-electron chi connectivity index (χ1n) is 10.0. The standard InChI is InChI=1S/C19H31N5O2/c1-2-3-13-26-19-21-17(20)15-14-16(25)24(18(15)22-19)12-8-11-23-9-6-4-5-7-10-23/h2-14H2,1H3,(H2,20,21,22). The van der Waals surface area contributed by atoms with E-state index in [9.17, 15) is 4.79 Å². The van der Waals surface area contributed by atoms with Gasteiger partial charge in [0.1, 0.15) is 11.6 Å². The predicted octanol–water partition coefficient (Wildman–Crippen LogP) is 2.39. The summed E-state index contributed by atoms with van der Waals surface area (Å²) >= 11 is 0. The number of nitrogens with two attached hydrogens (primary N) is 1. The first-order chi connectivity index (χ1) is 12.7. The molecule has 144 valence electrons. The van der Waals surface area contributed by atoms with Crippen LogP contribution >= 0.6 is 0 Å². The topological polar surface area (TPSA) is 84.6 Å². The number of nitrogens with zero attached hydrogens (tertiary/aromatic N) is 4. The van der Waals surface area contributed by atoms with Crippen LogP contribution in [0.25, 0.3) is 0 Å². The lowest BCUT2D eigenvalue weighted by Crippen LogP contribution is -2.32. The van der Waals surface area contributed by atoms with Crippen LogP contribution in [0.15, 0.2) is 0 Å². The van der Waals surface area contributed by atoms with Gasteiger partial charge in [-0.05, 0) is 45.3 Å². The van der Waals surface area contributed by atoms with Gasteiger partial charge in [-0.15, -0.1) is 0 Å². The van der Waals surface area contributed by atoms with E-state index in [4.69, 9.17) is 10.5 Å². The van der Waals surface area contributed by atoms with Gasteiger partial charge in [-0.25, -0.2) is 0 Å². The average molecular weight is 361 g/mol. The lowest BCUT2D eigenvalue weighted by atomic mass is 10.2. The van der Waals surface area contributed by atoms with Gasteiger partial charge in [0.2, 0.25) is 5.91 Å². The van der Waals surface area contributed by atoms with Crippen LogP contribution in [0.3, 0.4) is 0 Å². The first-order valence-corrected chi connectivity index (χ1v) is 10.0. The molecule has 2 aliphatic rings. The highest BCUT2D eigenvalue weighted by atomic mass is 16.5. The second-order valence-electron chi connectivity index (χ2n) is 7.23. The highest BCUT2D eigenvalue weighted by molar-refractivity contribution is 6.01. The second-order valence-corrected chi connectivity index (χ2v) is 7.23. The highest BCUT2D eigenvalue weighted by Gasteiger charge is 2.32. The van der Waals surface area contributed by atoms with Crippen LogP contribution in [-0.4, -0.2) is 53.6 Å². The van der Waals surface area contributed by atoms with Gasteiger partial charge in [-0.1, -0.05) is 26.2 Å². The summed E-state index contributed by atoms with van der Waals surface area (Å²) in [4.78, 5) is 25.4. The van der Waals surface area contributed by atoms with Gasteiger partial charge in [-0.2, -0.15) is 9.97 Å². The Bertz CT molecular complexity index is 614. The van der Waals surface area contributed by atoms with Crippen LogP contribution < -0.4 is 15.4 Å². The molecule has 0 aromatic carbocycles. The van der Waals surface area contributed by atoms with E-state index in [0.29, 0.717) is 31.2 Å². The van der Waals surface area contributed by atoms with Crippen molar-refractivity contribution in [3.8, 4) is 6.01 Å². The summed E-state index contributed by atoms with van der Waals surface area (Å²) in [6.45, 7) is 6.72. The Kier molecular flexibility index (Phi) is 6.66. The summed E-state index contributed by atoms with van der Waals surface area (Å²) in [5, 5.41) is 0. The summed E-state index contributed by atoms with van der Waals surface area (Å²) in [5.74, 6) is 1.07. The van der Waals surface area contributed by atoms with Gasteiger partial charge in [0.15, 0.2) is 0 Å². The number of unbranched alkanes of at least 4 members (excludes halogenated alkanes) is 1. The van der Waals surface area contributed by atoms with Crippen molar-refractivity contribution in [1.29, 1.82) is 0 Å². The van der Waals surface area contributed by atoms with Crippen LogP contribution in [0.1, 0.15) is 57.4 Å². The minimum Gasteiger partial charge on any atom is -0.463 e. The first kappa shape index (κ1) is 18.9. The molecule has 0 radical (unpaired) electrons. The average Bonchev–Trinajstić information content (AvgIpc) is 2.79. The zero-order valence-corrected chi connectivity index (χ0v) is 15.9. The normalized spacial score (nSPS) is 18.0. The number of fused-ring (bicyclic) bond motifs is 1. The number of carbonyl (C=O) groups excluding carboxylic acids is 1. The number of ether oxygens (including phenoxy) is 1. The van der Waals surface area contributed by atoms with E-state index >= 15 is 0 Å². The van der Waals surface area contributed by atoms with E-state index in [0.717, 1.165) is 31.4 Å². The molecule has 2 aliphatic heterocycles. The fraction of sp³-hybridized carbons (Fsp3) is 0.737. The number of hydrogen-bond donors (Lipinski definition) is 1. The Morgan fingerprint density at radius 2 is 1.85 bits per heavy atom. The Labute approximate surface area is 155 Å². The Morgan fingerprint density at radius 3 is 2.58 bits per heavy atom. The third-order valence-electron chi connectivity index (χ3n) is 5.17. The Morgan fingerprint density at radius 1 is 1.08 bits per heavy atom. The van der Waals surface area contributed by atoms with Gasteiger partial charge < -0.3 is 15.4 Å². The third kappa shape index (κ3) is 4.63. The second kappa shape index (κ2) is 9.16. The summed E-state index contributed by atoms with van der Waals surface area (Å²) < 4.78 is 5.60. The van der Waals surface area contributed by atoms with Gasteiger partial charge >= 0.3 is 6.01 Å². The summed E-state index contributed by atoms with van der Waals surface area (Å²) in [6, 6.07) is 0.280. The molecule has 1 aromatic heterocycles. The number of aromatic nitrogens is 2. The monoisotopic (exact) mass is 361 g/mol. The molecule has 0 spiro atoms.